The lowest BCUT2D eigenvalue weighted by molar-refractivity contribution is 0.103. The van der Waals surface area contributed by atoms with Gasteiger partial charge >= 0.3 is 0 Å². The Morgan fingerprint density at radius 2 is 1.61 bits per heavy atom. The van der Waals surface area contributed by atoms with Crippen molar-refractivity contribution in [3.05, 3.63) is 68.2 Å². The monoisotopic (exact) mass is 298 g/mol. The summed E-state index contributed by atoms with van der Waals surface area (Å²) in [5.41, 5.74) is 1.97. The van der Waals surface area contributed by atoms with Crippen molar-refractivity contribution < 1.29 is 4.79 Å². The van der Waals surface area contributed by atoms with Gasteiger partial charge in [0, 0.05) is 16.1 Å². The number of hydrogen-bond donors (Lipinski definition) is 0. The second-order valence-corrected chi connectivity index (χ2v) is 5.23. The van der Waals surface area contributed by atoms with E-state index in [0.29, 0.717) is 26.2 Å². The van der Waals surface area contributed by atoms with E-state index in [9.17, 15) is 4.79 Å². The molecule has 2 aromatic carbocycles. The number of carbonyl (C=O) groups excluding carboxylic acids is 1. The molecule has 0 N–H and O–H groups in total. The second-order valence-electron chi connectivity index (χ2n) is 3.98. The van der Waals surface area contributed by atoms with Crippen LogP contribution in [-0.2, 0) is 0 Å². The summed E-state index contributed by atoms with van der Waals surface area (Å²) in [5.74, 6) is -0.126. The van der Waals surface area contributed by atoms with Crippen LogP contribution in [0.25, 0.3) is 0 Å². The number of benzene rings is 2. The standard InChI is InChI=1S/C14H9Cl3O/c1-8-4-10(6-11(15)5-8)14(18)9-2-3-12(16)13(17)7-9/h2-7H,1H3. The predicted molar refractivity (Wildman–Crippen MR) is 76.1 cm³/mol. The number of halogens is 3. The molecule has 0 amide bonds. The van der Waals surface area contributed by atoms with Gasteiger partial charge in [-0.25, -0.2) is 0 Å². The molecule has 0 saturated heterocycles. The van der Waals surface area contributed by atoms with Crippen LogP contribution >= 0.6 is 34.8 Å². The molecule has 2 aromatic rings. The zero-order valence-electron chi connectivity index (χ0n) is 9.51. The Balaban J connectivity index is 2.44. The van der Waals surface area contributed by atoms with Crippen molar-refractivity contribution in [3.63, 3.8) is 0 Å². The molecule has 92 valence electrons. The molecule has 0 aliphatic heterocycles. The van der Waals surface area contributed by atoms with E-state index < -0.39 is 0 Å². The van der Waals surface area contributed by atoms with Crippen LogP contribution in [0.1, 0.15) is 21.5 Å². The molecule has 0 saturated carbocycles. The largest absolute Gasteiger partial charge is 0.289 e. The Bertz CT molecular complexity index is 600. The highest BCUT2D eigenvalue weighted by molar-refractivity contribution is 6.42. The first kappa shape index (κ1) is 13.4. The first-order chi connectivity index (χ1) is 8.47. The molecule has 18 heavy (non-hydrogen) atoms. The summed E-state index contributed by atoms with van der Waals surface area (Å²) in [6, 6.07) is 10.0. The molecule has 0 radical (unpaired) electrons. The Labute approximate surface area is 120 Å². The highest BCUT2D eigenvalue weighted by Crippen LogP contribution is 2.25. The predicted octanol–water partition coefficient (Wildman–Crippen LogP) is 5.19. The third-order valence-corrected chi connectivity index (χ3v) is 3.44. The van der Waals surface area contributed by atoms with Crippen LogP contribution < -0.4 is 0 Å². The summed E-state index contributed by atoms with van der Waals surface area (Å²) in [5, 5.41) is 1.33. The topological polar surface area (TPSA) is 17.1 Å². The van der Waals surface area contributed by atoms with E-state index in [1.807, 2.05) is 6.92 Å². The second kappa shape index (κ2) is 5.31. The molecule has 0 fully saturated rings. The number of aryl methyl sites for hydroxylation is 1. The molecular weight excluding hydrogens is 291 g/mol. The van der Waals surface area contributed by atoms with Gasteiger partial charge in [0.05, 0.1) is 10.0 Å². The number of carbonyl (C=O) groups is 1. The molecule has 4 heteroatoms. The molecule has 1 nitrogen and oxygen atoms in total. The van der Waals surface area contributed by atoms with Crippen molar-refractivity contribution in [2.75, 3.05) is 0 Å². The first-order valence-electron chi connectivity index (χ1n) is 5.24. The van der Waals surface area contributed by atoms with Crippen molar-refractivity contribution >= 4 is 40.6 Å². The summed E-state index contributed by atoms with van der Waals surface area (Å²) < 4.78 is 0. The van der Waals surface area contributed by atoms with Crippen LogP contribution in [0.5, 0.6) is 0 Å². The van der Waals surface area contributed by atoms with Crippen LogP contribution in [0.3, 0.4) is 0 Å². The van der Waals surface area contributed by atoms with Gasteiger partial charge in [-0.1, -0.05) is 34.8 Å². The van der Waals surface area contributed by atoms with Crippen LogP contribution in [0.15, 0.2) is 36.4 Å². The van der Waals surface area contributed by atoms with Gasteiger partial charge in [0.1, 0.15) is 0 Å². The molecule has 0 bridgehead atoms. The zero-order chi connectivity index (χ0) is 13.3. The van der Waals surface area contributed by atoms with Gasteiger partial charge in [-0.05, 0) is 48.9 Å². The van der Waals surface area contributed by atoms with Crippen LogP contribution in [0, 0.1) is 6.92 Å². The smallest absolute Gasteiger partial charge is 0.193 e. The fourth-order valence-electron chi connectivity index (χ4n) is 1.67. The molecular formula is C14H9Cl3O. The SMILES string of the molecule is Cc1cc(Cl)cc(C(=O)c2ccc(Cl)c(Cl)c2)c1. The summed E-state index contributed by atoms with van der Waals surface area (Å²) in [4.78, 5) is 12.3. The minimum absolute atomic E-state index is 0.126. The quantitative estimate of drug-likeness (QED) is 0.698. The summed E-state index contributed by atoms with van der Waals surface area (Å²) >= 11 is 17.7. The number of hydrogen-bond acceptors (Lipinski definition) is 1. The van der Waals surface area contributed by atoms with Gasteiger partial charge < -0.3 is 0 Å². The van der Waals surface area contributed by atoms with Gasteiger partial charge in [-0.2, -0.15) is 0 Å². The lowest BCUT2D eigenvalue weighted by Gasteiger charge is -2.05. The van der Waals surface area contributed by atoms with E-state index in [1.165, 1.54) is 0 Å². The third-order valence-electron chi connectivity index (χ3n) is 2.49. The maximum absolute atomic E-state index is 12.3. The minimum Gasteiger partial charge on any atom is -0.289 e. The molecule has 0 spiro atoms. The van der Waals surface area contributed by atoms with Gasteiger partial charge in [0.2, 0.25) is 0 Å². The van der Waals surface area contributed by atoms with Crippen LogP contribution in [0.2, 0.25) is 15.1 Å². The highest BCUT2D eigenvalue weighted by Gasteiger charge is 2.11. The molecule has 2 rings (SSSR count). The molecule has 0 aliphatic carbocycles. The summed E-state index contributed by atoms with van der Waals surface area (Å²) in [7, 11) is 0. The van der Waals surface area contributed by atoms with Crippen molar-refractivity contribution in [1.82, 2.24) is 0 Å². The molecule has 0 heterocycles. The van der Waals surface area contributed by atoms with Crippen LogP contribution in [-0.4, -0.2) is 5.78 Å². The van der Waals surface area contributed by atoms with E-state index in [1.54, 1.807) is 36.4 Å². The van der Waals surface area contributed by atoms with Gasteiger partial charge in [-0.15, -0.1) is 0 Å². The number of ketones is 1. The maximum atomic E-state index is 12.3. The first-order valence-corrected chi connectivity index (χ1v) is 6.38. The maximum Gasteiger partial charge on any atom is 0.193 e. The van der Waals surface area contributed by atoms with Gasteiger partial charge in [0.15, 0.2) is 5.78 Å². The average Bonchev–Trinajstić information content (AvgIpc) is 2.30. The minimum atomic E-state index is -0.126. The fraction of sp³-hybridized carbons (Fsp3) is 0.0714. The van der Waals surface area contributed by atoms with E-state index >= 15 is 0 Å². The third kappa shape index (κ3) is 2.86. The van der Waals surface area contributed by atoms with E-state index in [4.69, 9.17) is 34.8 Å². The lowest BCUT2D eigenvalue weighted by atomic mass is 10.0. The Morgan fingerprint density at radius 1 is 0.889 bits per heavy atom. The number of rotatable bonds is 2. The van der Waals surface area contributed by atoms with Crippen molar-refractivity contribution in [2.45, 2.75) is 6.92 Å². The van der Waals surface area contributed by atoms with Crippen molar-refractivity contribution in [1.29, 1.82) is 0 Å². The fourth-order valence-corrected chi connectivity index (χ4v) is 2.26. The molecule has 0 unspecified atom stereocenters. The van der Waals surface area contributed by atoms with Crippen molar-refractivity contribution in [2.24, 2.45) is 0 Å². The Morgan fingerprint density at radius 3 is 2.22 bits per heavy atom. The Hall–Kier alpha value is -1.02. The van der Waals surface area contributed by atoms with E-state index in [2.05, 4.69) is 0 Å². The normalized spacial score (nSPS) is 10.4. The molecule has 0 aromatic heterocycles. The van der Waals surface area contributed by atoms with Crippen molar-refractivity contribution in [3.8, 4) is 0 Å². The zero-order valence-corrected chi connectivity index (χ0v) is 11.8. The van der Waals surface area contributed by atoms with E-state index in [-0.39, 0.29) is 5.78 Å². The van der Waals surface area contributed by atoms with Crippen LogP contribution in [0.4, 0.5) is 0 Å². The summed E-state index contributed by atoms with van der Waals surface area (Å²) in [6.07, 6.45) is 0. The van der Waals surface area contributed by atoms with Gasteiger partial charge in [0.25, 0.3) is 0 Å². The Kier molecular flexibility index (Phi) is 3.96. The highest BCUT2D eigenvalue weighted by atomic mass is 35.5. The van der Waals surface area contributed by atoms with Gasteiger partial charge in [-0.3, -0.25) is 4.79 Å². The summed E-state index contributed by atoms with van der Waals surface area (Å²) in [6.45, 7) is 1.89. The average molecular weight is 300 g/mol. The molecule has 0 aliphatic rings. The van der Waals surface area contributed by atoms with E-state index in [0.717, 1.165) is 5.56 Å². The lowest BCUT2D eigenvalue weighted by Crippen LogP contribution is -2.01. The molecule has 0 atom stereocenters.